The van der Waals surface area contributed by atoms with E-state index in [9.17, 15) is 14.4 Å². The van der Waals surface area contributed by atoms with Gasteiger partial charge >= 0.3 is 0 Å². The van der Waals surface area contributed by atoms with Gasteiger partial charge in [0.25, 0.3) is 0 Å². The highest BCUT2D eigenvalue weighted by molar-refractivity contribution is 6.05. The van der Waals surface area contributed by atoms with E-state index in [-0.39, 0.29) is 43.3 Å². The van der Waals surface area contributed by atoms with E-state index in [1.165, 1.54) is 0 Å². The molecule has 0 aromatic heterocycles. The molecular formula is C24H30N4O3. The van der Waals surface area contributed by atoms with Crippen molar-refractivity contribution in [3.05, 3.63) is 54.1 Å². The summed E-state index contributed by atoms with van der Waals surface area (Å²) in [7, 11) is 1.74. The molecule has 1 aliphatic rings. The lowest BCUT2D eigenvalue weighted by Gasteiger charge is -2.29. The van der Waals surface area contributed by atoms with Crippen LogP contribution in [0, 0.1) is 0 Å². The SMILES string of the molecule is CC(C)c1cccc(NC(=O)CN(C)CC(=O)N2c3ccccc3NC(=O)C[C@@H]2C)c1. The van der Waals surface area contributed by atoms with Gasteiger partial charge in [0, 0.05) is 18.2 Å². The molecule has 0 radical (unpaired) electrons. The highest BCUT2D eigenvalue weighted by Gasteiger charge is 2.30. The second kappa shape index (κ2) is 9.75. The third kappa shape index (κ3) is 5.70. The van der Waals surface area contributed by atoms with Crippen LogP contribution in [-0.4, -0.2) is 48.8 Å². The maximum Gasteiger partial charge on any atom is 0.241 e. The van der Waals surface area contributed by atoms with Crippen LogP contribution in [0.4, 0.5) is 17.1 Å². The van der Waals surface area contributed by atoms with E-state index in [1.807, 2.05) is 49.4 Å². The lowest BCUT2D eigenvalue weighted by atomic mass is 10.0. The van der Waals surface area contributed by atoms with Gasteiger partial charge in [0.1, 0.15) is 0 Å². The standard InChI is InChI=1S/C24H30N4O3/c1-16(2)18-8-7-9-19(13-18)25-23(30)14-27(4)15-24(31)28-17(3)12-22(29)26-20-10-5-6-11-21(20)28/h5-11,13,16-17H,12,14-15H2,1-4H3,(H,25,30)(H,26,29)/t17-/m0/s1. The molecule has 31 heavy (non-hydrogen) atoms. The van der Waals surface area contributed by atoms with Crippen molar-refractivity contribution in [2.24, 2.45) is 0 Å². The molecule has 3 rings (SSSR count). The van der Waals surface area contributed by atoms with Crippen molar-refractivity contribution in [2.75, 3.05) is 35.7 Å². The summed E-state index contributed by atoms with van der Waals surface area (Å²) in [6.45, 7) is 6.20. The molecule has 7 nitrogen and oxygen atoms in total. The number of para-hydroxylation sites is 2. The van der Waals surface area contributed by atoms with Crippen molar-refractivity contribution in [1.82, 2.24) is 4.90 Å². The summed E-state index contributed by atoms with van der Waals surface area (Å²) >= 11 is 0. The Hall–Kier alpha value is -3.19. The average Bonchev–Trinajstić information content (AvgIpc) is 2.81. The Balaban J connectivity index is 1.64. The maximum absolute atomic E-state index is 13.1. The van der Waals surface area contributed by atoms with Crippen molar-refractivity contribution >= 4 is 34.8 Å². The minimum atomic E-state index is -0.280. The predicted molar refractivity (Wildman–Crippen MR) is 123 cm³/mol. The van der Waals surface area contributed by atoms with Crippen LogP contribution < -0.4 is 15.5 Å². The van der Waals surface area contributed by atoms with E-state index in [1.54, 1.807) is 22.9 Å². The molecule has 0 saturated carbocycles. The van der Waals surface area contributed by atoms with Crippen LogP contribution in [0.5, 0.6) is 0 Å². The first-order valence-corrected chi connectivity index (χ1v) is 10.5. The van der Waals surface area contributed by atoms with Crippen LogP contribution in [-0.2, 0) is 14.4 Å². The smallest absolute Gasteiger partial charge is 0.241 e. The summed E-state index contributed by atoms with van der Waals surface area (Å²) in [5, 5.41) is 5.75. The summed E-state index contributed by atoms with van der Waals surface area (Å²) in [5.41, 5.74) is 3.19. The van der Waals surface area contributed by atoms with Crippen molar-refractivity contribution in [3.8, 4) is 0 Å². The number of amides is 3. The van der Waals surface area contributed by atoms with Gasteiger partial charge in [0.15, 0.2) is 0 Å². The maximum atomic E-state index is 13.1. The van der Waals surface area contributed by atoms with Crippen molar-refractivity contribution in [3.63, 3.8) is 0 Å². The number of anilines is 3. The van der Waals surface area contributed by atoms with Crippen LogP contribution >= 0.6 is 0 Å². The van der Waals surface area contributed by atoms with Crippen LogP contribution in [0.25, 0.3) is 0 Å². The fourth-order valence-corrected chi connectivity index (χ4v) is 3.75. The van der Waals surface area contributed by atoms with Gasteiger partial charge in [-0.2, -0.15) is 0 Å². The van der Waals surface area contributed by atoms with Crippen molar-refractivity contribution in [1.29, 1.82) is 0 Å². The molecule has 164 valence electrons. The van der Waals surface area contributed by atoms with Gasteiger partial charge in [-0.05, 0) is 49.7 Å². The molecule has 2 N–H and O–H groups in total. The lowest BCUT2D eigenvalue weighted by Crippen LogP contribution is -2.45. The summed E-state index contributed by atoms with van der Waals surface area (Å²) in [6.07, 6.45) is 0.219. The summed E-state index contributed by atoms with van der Waals surface area (Å²) in [6, 6.07) is 14.8. The van der Waals surface area contributed by atoms with E-state index in [0.717, 1.165) is 11.3 Å². The second-order valence-corrected chi connectivity index (χ2v) is 8.38. The quantitative estimate of drug-likeness (QED) is 0.747. The largest absolute Gasteiger partial charge is 0.325 e. The molecule has 1 atom stereocenters. The molecule has 2 aromatic carbocycles. The third-order valence-electron chi connectivity index (χ3n) is 5.28. The molecular weight excluding hydrogens is 392 g/mol. The minimum absolute atomic E-state index is 0.0618. The number of carbonyl (C=O) groups excluding carboxylic acids is 3. The van der Waals surface area contributed by atoms with Gasteiger partial charge in [0.2, 0.25) is 17.7 Å². The molecule has 0 spiro atoms. The zero-order valence-electron chi connectivity index (χ0n) is 18.5. The second-order valence-electron chi connectivity index (χ2n) is 8.38. The molecule has 0 saturated heterocycles. The molecule has 0 aliphatic carbocycles. The number of fused-ring (bicyclic) bond motifs is 1. The predicted octanol–water partition coefficient (Wildman–Crippen LogP) is 3.44. The first-order valence-electron chi connectivity index (χ1n) is 10.5. The topological polar surface area (TPSA) is 81.8 Å². The summed E-state index contributed by atoms with van der Waals surface area (Å²) < 4.78 is 0. The molecule has 0 unspecified atom stereocenters. The number of hydrogen-bond donors (Lipinski definition) is 2. The van der Waals surface area contributed by atoms with E-state index in [0.29, 0.717) is 17.3 Å². The Labute approximate surface area is 183 Å². The molecule has 1 aliphatic heterocycles. The summed E-state index contributed by atoms with van der Waals surface area (Å²) in [4.78, 5) is 41.0. The minimum Gasteiger partial charge on any atom is -0.325 e. The number of nitrogens with one attached hydrogen (secondary N) is 2. The molecule has 1 heterocycles. The Kier molecular flexibility index (Phi) is 7.07. The zero-order chi connectivity index (χ0) is 22.5. The Morgan fingerprint density at radius 2 is 1.90 bits per heavy atom. The number of carbonyl (C=O) groups is 3. The molecule has 7 heteroatoms. The van der Waals surface area contributed by atoms with Crippen molar-refractivity contribution < 1.29 is 14.4 Å². The zero-order valence-corrected chi connectivity index (χ0v) is 18.5. The molecule has 2 aromatic rings. The fraction of sp³-hybridized carbons (Fsp3) is 0.375. The average molecular weight is 423 g/mol. The van der Waals surface area contributed by atoms with E-state index in [4.69, 9.17) is 0 Å². The van der Waals surface area contributed by atoms with Crippen molar-refractivity contribution in [2.45, 2.75) is 39.2 Å². The Bertz CT molecular complexity index is 973. The molecule has 0 bridgehead atoms. The van der Waals surface area contributed by atoms with E-state index in [2.05, 4.69) is 24.5 Å². The third-order valence-corrected chi connectivity index (χ3v) is 5.28. The van der Waals surface area contributed by atoms with Gasteiger partial charge < -0.3 is 15.5 Å². The van der Waals surface area contributed by atoms with E-state index < -0.39 is 0 Å². The highest BCUT2D eigenvalue weighted by Crippen LogP contribution is 2.31. The van der Waals surface area contributed by atoms with Gasteiger partial charge in [-0.15, -0.1) is 0 Å². The highest BCUT2D eigenvalue weighted by atomic mass is 16.2. The van der Waals surface area contributed by atoms with Gasteiger partial charge in [-0.25, -0.2) is 0 Å². The van der Waals surface area contributed by atoms with Gasteiger partial charge in [0.05, 0.1) is 24.5 Å². The van der Waals surface area contributed by atoms with E-state index >= 15 is 0 Å². The molecule has 3 amide bonds. The number of likely N-dealkylation sites (N-methyl/N-ethyl adjacent to an activating group) is 1. The van der Waals surface area contributed by atoms with Crippen LogP contribution in [0.2, 0.25) is 0 Å². The first-order chi connectivity index (χ1) is 14.7. The first kappa shape index (κ1) is 22.5. The normalized spacial score (nSPS) is 16.0. The van der Waals surface area contributed by atoms with Gasteiger partial charge in [-0.3, -0.25) is 19.3 Å². The fourth-order valence-electron chi connectivity index (χ4n) is 3.75. The summed E-state index contributed by atoms with van der Waals surface area (Å²) in [5.74, 6) is -0.0884. The van der Waals surface area contributed by atoms with Gasteiger partial charge in [-0.1, -0.05) is 38.1 Å². The number of rotatable bonds is 6. The monoisotopic (exact) mass is 422 g/mol. The van der Waals surface area contributed by atoms with Crippen LogP contribution in [0.15, 0.2) is 48.5 Å². The molecule has 0 fully saturated rings. The lowest BCUT2D eigenvalue weighted by molar-refractivity contribution is -0.121. The number of hydrogen-bond acceptors (Lipinski definition) is 4. The van der Waals surface area contributed by atoms with Crippen LogP contribution in [0.1, 0.15) is 38.7 Å². The van der Waals surface area contributed by atoms with Crippen LogP contribution in [0.3, 0.4) is 0 Å². The number of nitrogens with zero attached hydrogens (tertiary/aromatic N) is 2. The Morgan fingerprint density at radius 3 is 2.65 bits per heavy atom. The Morgan fingerprint density at radius 1 is 1.16 bits per heavy atom. The number of benzene rings is 2.